The molecule has 2 aromatic rings. The van der Waals surface area contributed by atoms with Crippen LogP contribution in [-0.4, -0.2) is 42.9 Å². The van der Waals surface area contributed by atoms with Crippen LogP contribution in [0.15, 0.2) is 48.5 Å². The third-order valence-corrected chi connectivity index (χ3v) is 4.64. The van der Waals surface area contributed by atoms with Gasteiger partial charge in [0.05, 0.1) is 22.5 Å². The summed E-state index contributed by atoms with van der Waals surface area (Å²) in [4.78, 5) is 28.6. The van der Waals surface area contributed by atoms with E-state index in [0.717, 1.165) is 30.9 Å². The van der Waals surface area contributed by atoms with Crippen molar-refractivity contribution in [2.24, 2.45) is 0 Å². The Balaban J connectivity index is 1.52. The van der Waals surface area contributed by atoms with Crippen molar-refractivity contribution in [2.75, 3.05) is 36.4 Å². The summed E-state index contributed by atoms with van der Waals surface area (Å²) in [5, 5.41) is 3.43. The van der Waals surface area contributed by atoms with Gasteiger partial charge in [-0.25, -0.2) is 0 Å². The molecule has 0 aliphatic carbocycles. The van der Waals surface area contributed by atoms with Gasteiger partial charge in [-0.2, -0.15) is 0 Å². The molecule has 24 heavy (non-hydrogen) atoms. The molecule has 0 spiro atoms. The Bertz CT molecular complexity index is 768. The molecule has 0 saturated carbocycles. The Kier molecular flexibility index (Phi) is 3.69. The van der Waals surface area contributed by atoms with Crippen molar-refractivity contribution in [3.8, 4) is 0 Å². The van der Waals surface area contributed by atoms with Crippen LogP contribution in [0.1, 0.15) is 27.1 Å². The van der Waals surface area contributed by atoms with E-state index in [4.69, 9.17) is 0 Å². The highest BCUT2D eigenvalue weighted by molar-refractivity contribution is 6.21. The number of hydrogen-bond acceptors (Lipinski definition) is 4. The molecule has 0 unspecified atom stereocenters. The molecule has 0 fully saturated rings. The van der Waals surface area contributed by atoms with E-state index >= 15 is 0 Å². The van der Waals surface area contributed by atoms with Crippen molar-refractivity contribution in [3.63, 3.8) is 0 Å². The molecule has 2 aliphatic heterocycles. The van der Waals surface area contributed by atoms with Gasteiger partial charge in [-0.1, -0.05) is 24.3 Å². The highest BCUT2D eigenvalue weighted by Gasteiger charge is 2.35. The summed E-state index contributed by atoms with van der Waals surface area (Å²) in [5.74, 6) is -0.367. The number of carbonyl (C=O) groups is 2. The van der Waals surface area contributed by atoms with Gasteiger partial charge in [-0.15, -0.1) is 0 Å². The van der Waals surface area contributed by atoms with Gasteiger partial charge < -0.3 is 10.2 Å². The molecule has 2 heterocycles. The van der Waals surface area contributed by atoms with E-state index in [0.29, 0.717) is 24.2 Å². The molecule has 0 aromatic heterocycles. The SMILES string of the molecule is O=C1c2ccccc2C(=O)N1CCN1CCCNc2ccccc21. The smallest absolute Gasteiger partial charge is 0.261 e. The van der Waals surface area contributed by atoms with E-state index in [1.807, 2.05) is 12.1 Å². The molecule has 4 rings (SSSR count). The van der Waals surface area contributed by atoms with Gasteiger partial charge in [0.25, 0.3) is 11.8 Å². The van der Waals surface area contributed by atoms with E-state index in [1.165, 1.54) is 4.90 Å². The summed E-state index contributed by atoms with van der Waals surface area (Å²) in [6, 6.07) is 15.2. The fourth-order valence-corrected chi connectivity index (χ4v) is 3.41. The molecular formula is C19H19N3O2. The lowest BCUT2D eigenvalue weighted by Crippen LogP contribution is -2.38. The molecule has 0 bridgehead atoms. The number of rotatable bonds is 3. The molecule has 0 saturated heterocycles. The van der Waals surface area contributed by atoms with Crippen LogP contribution >= 0.6 is 0 Å². The summed E-state index contributed by atoms with van der Waals surface area (Å²) >= 11 is 0. The first-order valence-corrected chi connectivity index (χ1v) is 8.29. The molecule has 2 aromatic carbocycles. The Morgan fingerprint density at radius 2 is 1.54 bits per heavy atom. The number of imide groups is 1. The minimum absolute atomic E-state index is 0.183. The number of nitrogens with zero attached hydrogens (tertiary/aromatic N) is 2. The van der Waals surface area contributed by atoms with Gasteiger partial charge in [0.2, 0.25) is 0 Å². The summed E-state index contributed by atoms with van der Waals surface area (Å²) in [6.07, 6.45) is 1.02. The van der Waals surface area contributed by atoms with E-state index in [9.17, 15) is 9.59 Å². The van der Waals surface area contributed by atoms with Gasteiger partial charge in [0, 0.05) is 26.2 Å². The molecule has 2 aliphatic rings. The first-order valence-electron chi connectivity index (χ1n) is 8.29. The predicted octanol–water partition coefficient (Wildman–Crippen LogP) is 2.60. The zero-order valence-electron chi connectivity index (χ0n) is 13.4. The highest BCUT2D eigenvalue weighted by Crippen LogP contribution is 2.28. The summed E-state index contributed by atoms with van der Waals surface area (Å²) < 4.78 is 0. The number of para-hydroxylation sites is 2. The second kappa shape index (κ2) is 6.00. The Labute approximate surface area is 140 Å². The monoisotopic (exact) mass is 321 g/mol. The number of amides is 2. The molecular weight excluding hydrogens is 302 g/mol. The van der Waals surface area contributed by atoms with Crippen LogP contribution in [0.25, 0.3) is 0 Å². The summed E-state index contributed by atoms with van der Waals surface area (Å²) in [5.41, 5.74) is 3.27. The molecule has 122 valence electrons. The van der Waals surface area contributed by atoms with E-state index < -0.39 is 0 Å². The van der Waals surface area contributed by atoms with Crippen LogP contribution in [0.4, 0.5) is 11.4 Å². The lowest BCUT2D eigenvalue weighted by Gasteiger charge is -2.26. The number of hydrogen-bond donors (Lipinski definition) is 1. The number of nitrogens with one attached hydrogen (secondary N) is 1. The molecule has 1 N–H and O–H groups in total. The second-order valence-electron chi connectivity index (χ2n) is 6.09. The maximum atomic E-state index is 12.5. The first-order chi connectivity index (χ1) is 11.8. The third-order valence-electron chi connectivity index (χ3n) is 4.64. The van der Waals surface area contributed by atoms with Crippen molar-refractivity contribution in [3.05, 3.63) is 59.7 Å². The summed E-state index contributed by atoms with van der Waals surface area (Å²) in [6.45, 7) is 2.89. The lowest BCUT2D eigenvalue weighted by atomic mass is 10.1. The second-order valence-corrected chi connectivity index (χ2v) is 6.09. The van der Waals surface area contributed by atoms with E-state index in [2.05, 4.69) is 22.3 Å². The van der Waals surface area contributed by atoms with Crippen molar-refractivity contribution in [1.82, 2.24) is 4.90 Å². The topological polar surface area (TPSA) is 52.7 Å². The van der Waals surface area contributed by atoms with Gasteiger partial charge in [0.15, 0.2) is 0 Å². The minimum atomic E-state index is -0.183. The van der Waals surface area contributed by atoms with Crippen molar-refractivity contribution < 1.29 is 9.59 Å². The van der Waals surface area contributed by atoms with Crippen LogP contribution in [0.2, 0.25) is 0 Å². The largest absolute Gasteiger partial charge is 0.383 e. The minimum Gasteiger partial charge on any atom is -0.383 e. The average molecular weight is 321 g/mol. The fourth-order valence-electron chi connectivity index (χ4n) is 3.41. The van der Waals surface area contributed by atoms with E-state index in [1.54, 1.807) is 24.3 Å². The van der Waals surface area contributed by atoms with Crippen LogP contribution in [-0.2, 0) is 0 Å². The van der Waals surface area contributed by atoms with Gasteiger partial charge >= 0.3 is 0 Å². The molecule has 0 atom stereocenters. The zero-order chi connectivity index (χ0) is 16.5. The van der Waals surface area contributed by atoms with Crippen LogP contribution < -0.4 is 10.2 Å². The highest BCUT2D eigenvalue weighted by atomic mass is 16.2. The van der Waals surface area contributed by atoms with Crippen LogP contribution in [0.3, 0.4) is 0 Å². The Hall–Kier alpha value is -2.82. The Morgan fingerprint density at radius 3 is 2.29 bits per heavy atom. The molecule has 2 amide bonds. The van der Waals surface area contributed by atoms with Crippen molar-refractivity contribution >= 4 is 23.2 Å². The predicted molar refractivity (Wildman–Crippen MR) is 93.6 cm³/mol. The normalized spacial score (nSPS) is 16.5. The van der Waals surface area contributed by atoms with Gasteiger partial charge in [-0.3, -0.25) is 14.5 Å². The fraction of sp³-hybridized carbons (Fsp3) is 0.263. The van der Waals surface area contributed by atoms with Gasteiger partial charge in [-0.05, 0) is 30.7 Å². The molecule has 5 nitrogen and oxygen atoms in total. The number of fused-ring (bicyclic) bond motifs is 2. The maximum Gasteiger partial charge on any atom is 0.261 e. The van der Waals surface area contributed by atoms with E-state index in [-0.39, 0.29) is 11.8 Å². The number of anilines is 2. The van der Waals surface area contributed by atoms with Crippen LogP contribution in [0.5, 0.6) is 0 Å². The zero-order valence-corrected chi connectivity index (χ0v) is 13.4. The Morgan fingerprint density at radius 1 is 0.875 bits per heavy atom. The van der Waals surface area contributed by atoms with Crippen molar-refractivity contribution in [2.45, 2.75) is 6.42 Å². The molecule has 5 heteroatoms. The first kappa shape index (κ1) is 14.8. The van der Waals surface area contributed by atoms with Gasteiger partial charge in [0.1, 0.15) is 0 Å². The summed E-state index contributed by atoms with van der Waals surface area (Å²) in [7, 11) is 0. The quantitative estimate of drug-likeness (QED) is 0.883. The van der Waals surface area contributed by atoms with Crippen molar-refractivity contribution in [1.29, 1.82) is 0 Å². The lowest BCUT2D eigenvalue weighted by molar-refractivity contribution is 0.0658. The number of benzene rings is 2. The van der Waals surface area contributed by atoms with Crippen LogP contribution in [0, 0.1) is 0 Å². The molecule has 0 radical (unpaired) electrons. The average Bonchev–Trinajstić information content (AvgIpc) is 2.77. The standard InChI is InChI=1S/C19H19N3O2/c23-18-14-6-1-2-7-15(14)19(24)22(18)13-12-21-11-5-10-20-16-8-3-4-9-17(16)21/h1-4,6-9,20H,5,10-13H2. The third kappa shape index (κ3) is 2.42. The number of carbonyl (C=O) groups excluding carboxylic acids is 2. The maximum absolute atomic E-state index is 12.5.